The van der Waals surface area contributed by atoms with Crippen LogP contribution in [0, 0.1) is 0 Å². The van der Waals surface area contributed by atoms with Crippen molar-refractivity contribution in [2.45, 2.75) is 4.90 Å². The summed E-state index contributed by atoms with van der Waals surface area (Å²) in [6, 6.07) is 3.96. The van der Waals surface area contributed by atoms with Crippen LogP contribution in [-0.4, -0.2) is 19.3 Å². The number of sulfonamides is 1. The molecule has 0 aromatic carbocycles. The van der Waals surface area contributed by atoms with Crippen molar-refractivity contribution < 1.29 is 13.2 Å². The van der Waals surface area contributed by atoms with Gasteiger partial charge < -0.3 is 5.73 Å². The summed E-state index contributed by atoms with van der Waals surface area (Å²) in [5.74, 6) is -0.702. The highest BCUT2D eigenvalue weighted by molar-refractivity contribution is 7.93. The number of carbonyl (C=O) groups is 1. The third-order valence-electron chi connectivity index (χ3n) is 2.17. The minimum atomic E-state index is -3.83. The van der Waals surface area contributed by atoms with E-state index in [9.17, 15) is 13.2 Å². The molecule has 0 bridgehead atoms. The number of nitrogens with zero attached hydrogens (tertiary/aromatic N) is 1. The van der Waals surface area contributed by atoms with Crippen LogP contribution in [0.5, 0.6) is 0 Å². The molecule has 0 aliphatic carbocycles. The first-order valence-electron chi connectivity index (χ1n) is 4.92. The molecule has 1 amide bonds. The second-order valence-electron chi connectivity index (χ2n) is 3.45. The number of primary amides is 1. The third-order valence-corrected chi connectivity index (χ3v) is 4.68. The van der Waals surface area contributed by atoms with E-state index in [1.165, 1.54) is 24.4 Å². The Hall–Kier alpha value is -1.64. The average Bonchev–Trinajstić information content (AvgIpc) is 2.76. The number of hydrogen-bond donors (Lipinski definition) is 2. The molecule has 0 aliphatic heterocycles. The Kier molecular flexibility index (Phi) is 3.74. The lowest BCUT2D eigenvalue weighted by molar-refractivity contribution is 0.100. The third kappa shape index (κ3) is 3.03. The first kappa shape index (κ1) is 13.8. The van der Waals surface area contributed by atoms with Crippen LogP contribution in [-0.2, 0) is 10.0 Å². The fourth-order valence-electron chi connectivity index (χ4n) is 1.32. The summed E-state index contributed by atoms with van der Waals surface area (Å²) in [5, 5.41) is 1.79. The van der Waals surface area contributed by atoms with Crippen LogP contribution < -0.4 is 10.5 Å². The van der Waals surface area contributed by atoms with Crippen LogP contribution in [0.1, 0.15) is 10.4 Å². The molecular weight excluding hydrogens is 310 g/mol. The molecule has 0 saturated carbocycles. The van der Waals surface area contributed by atoms with E-state index in [0.29, 0.717) is 0 Å². The van der Waals surface area contributed by atoms with Crippen molar-refractivity contribution in [1.29, 1.82) is 0 Å². The lowest BCUT2D eigenvalue weighted by Crippen LogP contribution is -2.17. The van der Waals surface area contributed by atoms with Gasteiger partial charge in [-0.05, 0) is 23.6 Å². The number of nitrogens with two attached hydrogens (primary N) is 1. The quantitative estimate of drug-likeness (QED) is 0.838. The SMILES string of the molecule is NC(=O)c1ccsc1NS(=O)(=O)c1ccnc(Cl)c1. The monoisotopic (exact) mass is 317 g/mol. The minimum Gasteiger partial charge on any atom is -0.366 e. The van der Waals surface area contributed by atoms with Gasteiger partial charge in [0.25, 0.3) is 15.9 Å². The molecule has 0 spiro atoms. The maximum atomic E-state index is 12.1. The topological polar surface area (TPSA) is 102 Å². The Bertz CT molecular complexity index is 727. The number of halogens is 1. The van der Waals surface area contributed by atoms with E-state index in [1.54, 1.807) is 5.38 Å². The van der Waals surface area contributed by atoms with Gasteiger partial charge in [-0.2, -0.15) is 0 Å². The molecule has 2 aromatic rings. The molecule has 19 heavy (non-hydrogen) atoms. The summed E-state index contributed by atoms with van der Waals surface area (Å²) >= 11 is 6.70. The number of amides is 1. The first-order valence-corrected chi connectivity index (χ1v) is 7.66. The molecule has 0 fully saturated rings. The van der Waals surface area contributed by atoms with Crippen LogP contribution in [0.25, 0.3) is 0 Å². The molecule has 0 atom stereocenters. The molecule has 2 heterocycles. The summed E-state index contributed by atoms with van der Waals surface area (Å²) in [6.07, 6.45) is 1.28. The fraction of sp³-hybridized carbons (Fsp3) is 0. The lowest BCUT2D eigenvalue weighted by Gasteiger charge is -2.07. The summed E-state index contributed by atoms with van der Waals surface area (Å²) < 4.78 is 26.5. The number of carbonyl (C=O) groups excluding carboxylic acids is 1. The van der Waals surface area contributed by atoms with E-state index in [4.69, 9.17) is 17.3 Å². The van der Waals surface area contributed by atoms with E-state index < -0.39 is 15.9 Å². The highest BCUT2D eigenvalue weighted by atomic mass is 35.5. The number of pyridine rings is 1. The van der Waals surface area contributed by atoms with Crippen molar-refractivity contribution in [2.24, 2.45) is 5.73 Å². The van der Waals surface area contributed by atoms with E-state index in [2.05, 4.69) is 9.71 Å². The Morgan fingerprint density at radius 2 is 2.16 bits per heavy atom. The Morgan fingerprint density at radius 3 is 2.79 bits per heavy atom. The Morgan fingerprint density at radius 1 is 1.42 bits per heavy atom. The molecule has 6 nitrogen and oxygen atoms in total. The van der Waals surface area contributed by atoms with Crippen molar-refractivity contribution in [3.8, 4) is 0 Å². The van der Waals surface area contributed by atoms with Crippen LogP contribution in [0.15, 0.2) is 34.7 Å². The second-order valence-corrected chi connectivity index (χ2v) is 6.43. The lowest BCUT2D eigenvalue weighted by atomic mass is 10.3. The highest BCUT2D eigenvalue weighted by Gasteiger charge is 2.19. The van der Waals surface area contributed by atoms with Gasteiger partial charge in [-0.25, -0.2) is 13.4 Å². The number of nitrogens with one attached hydrogen (secondary N) is 1. The molecular formula is C10H8ClN3O3S2. The van der Waals surface area contributed by atoms with Gasteiger partial charge in [0.15, 0.2) is 0 Å². The van der Waals surface area contributed by atoms with Crippen LogP contribution in [0.4, 0.5) is 5.00 Å². The van der Waals surface area contributed by atoms with E-state index in [0.717, 1.165) is 11.3 Å². The second kappa shape index (κ2) is 5.16. The summed E-state index contributed by atoms with van der Waals surface area (Å²) in [5.41, 5.74) is 5.26. The van der Waals surface area contributed by atoms with Crippen LogP contribution in [0.3, 0.4) is 0 Å². The summed E-state index contributed by atoms with van der Waals surface area (Å²) in [6.45, 7) is 0. The number of thiophene rings is 1. The van der Waals surface area contributed by atoms with E-state index in [1.807, 2.05) is 0 Å². The summed E-state index contributed by atoms with van der Waals surface area (Å²) in [7, 11) is -3.83. The van der Waals surface area contributed by atoms with Crippen LogP contribution in [0.2, 0.25) is 5.15 Å². The zero-order valence-corrected chi connectivity index (χ0v) is 11.7. The van der Waals surface area contributed by atoms with Gasteiger partial charge in [-0.15, -0.1) is 11.3 Å². The molecule has 0 saturated heterocycles. The average molecular weight is 318 g/mol. The van der Waals surface area contributed by atoms with Crippen LogP contribution >= 0.6 is 22.9 Å². The van der Waals surface area contributed by atoms with Crippen molar-refractivity contribution in [2.75, 3.05) is 4.72 Å². The molecule has 9 heteroatoms. The van der Waals surface area contributed by atoms with Crippen molar-refractivity contribution in [3.05, 3.63) is 40.5 Å². The van der Waals surface area contributed by atoms with Crippen molar-refractivity contribution in [3.63, 3.8) is 0 Å². The summed E-state index contributed by atoms with van der Waals surface area (Å²) in [4.78, 5) is 14.8. The molecule has 3 N–H and O–H groups in total. The van der Waals surface area contributed by atoms with E-state index >= 15 is 0 Å². The zero-order chi connectivity index (χ0) is 14.0. The normalized spacial score (nSPS) is 11.2. The van der Waals surface area contributed by atoms with Gasteiger partial charge in [-0.1, -0.05) is 11.6 Å². The first-order chi connectivity index (χ1) is 8.90. The predicted octanol–water partition coefficient (Wildman–Crippen LogP) is 1.70. The molecule has 100 valence electrons. The highest BCUT2D eigenvalue weighted by Crippen LogP contribution is 2.26. The number of rotatable bonds is 4. The van der Waals surface area contributed by atoms with Crippen molar-refractivity contribution in [1.82, 2.24) is 4.98 Å². The zero-order valence-electron chi connectivity index (χ0n) is 9.33. The van der Waals surface area contributed by atoms with Gasteiger partial charge in [0.2, 0.25) is 0 Å². The van der Waals surface area contributed by atoms with Gasteiger partial charge >= 0.3 is 0 Å². The molecule has 2 aromatic heterocycles. The predicted molar refractivity (Wildman–Crippen MR) is 72.9 cm³/mol. The molecule has 0 radical (unpaired) electrons. The van der Waals surface area contributed by atoms with Gasteiger partial charge in [0.1, 0.15) is 10.2 Å². The van der Waals surface area contributed by atoms with Gasteiger partial charge in [-0.3, -0.25) is 9.52 Å². The Balaban J connectivity index is 2.37. The van der Waals surface area contributed by atoms with Gasteiger partial charge in [0, 0.05) is 6.20 Å². The number of anilines is 1. The maximum absolute atomic E-state index is 12.1. The minimum absolute atomic E-state index is 0.0451. The maximum Gasteiger partial charge on any atom is 0.262 e. The Labute approximate surface area is 118 Å². The largest absolute Gasteiger partial charge is 0.366 e. The molecule has 2 rings (SSSR count). The fourth-order valence-corrected chi connectivity index (χ4v) is 3.69. The van der Waals surface area contributed by atoms with Gasteiger partial charge in [0.05, 0.1) is 10.5 Å². The van der Waals surface area contributed by atoms with E-state index in [-0.39, 0.29) is 20.6 Å². The van der Waals surface area contributed by atoms with Crippen molar-refractivity contribution >= 4 is 43.9 Å². The number of aromatic nitrogens is 1. The smallest absolute Gasteiger partial charge is 0.262 e. The standard InChI is InChI=1S/C10H8ClN3O3S2/c11-8-5-6(1-3-13-8)19(16,17)14-10-7(9(12)15)2-4-18-10/h1-5,14H,(H2,12,15). The number of hydrogen-bond acceptors (Lipinski definition) is 5. The molecule has 0 unspecified atom stereocenters. The molecule has 0 aliphatic rings.